The SMILES string of the molecule is CCOC(=O)Nc1sc(SCc2ccccc2)nc1C(=O)OCC. The van der Waals surface area contributed by atoms with E-state index in [9.17, 15) is 9.59 Å². The van der Waals surface area contributed by atoms with Crippen molar-refractivity contribution in [3.8, 4) is 0 Å². The van der Waals surface area contributed by atoms with Gasteiger partial charge in [-0.15, -0.1) is 0 Å². The van der Waals surface area contributed by atoms with Crippen molar-refractivity contribution < 1.29 is 19.1 Å². The molecule has 128 valence electrons. The lowest BCUT2D eigenvalue weighted by Gasteiger charge is -2.04. The molecule has 1 heterocycles. The third-order valence-corrected chi connectivity index (χ3v) is 4.96. The van der Waals surface area contributed by atoms with E-state index in [-0.39, 0.29) is 18.9 Å². The molecule has 0 spiro atoms. The van der Waals surface area contributed by atoms with E-state index < -0.39 is 12.1 Å². The van der Waals surface area contributed by atoms with E-state index in [0.717, 1.165) is 11.3 Å². The third kappa shape index (κ3) is 5.24. The first-order valence-electron chi connectivity index (χ1n) is 7.42. The lowest BCUT2D eigenvalue weighted by atomic mass is 10.2. The number of amides is 1. The van der Waals surface area contributed by atoms with Crippen molar-refractivity contribution in [1.82, 2.24) is 4.98 Å². The largest absolute Gasteiger partial charge is 0.461 e. The molecule has 0 fully saturated rings. The number of hydrogen-bond donors (Lipinski definition) is 1. The number of esters is 1. The predicted octanol–water partition coefficient (Wildman–Crippen LogP) is 4.18. The lowest BCUT2D eigenvalue weighted by Crippen LogP contribution is -2.15. The summed E-state index contributed by atoms with van der Waals surface area (Å²) in [5.41, 5.74) is 1.25. The minimum Gasteiger partial charge on any atom is -0.461 e. The second kappa shape index (κ2) is 9.29. The number of hydrogen-bond acceptors (Lipinski definition) is 7. The van der Waals surface area contributed by atoms with Gasteiger partial charge in [0.1, 0.15) is 5.00 Å². The number of anilines is 1. The van der Waals surface area contributed by atoms with Crippen LogP contribution in [0.25, 0.3) is 0 Å². The Kier molecular flexibility index (Phi) is 7.07. The van der Waals surface area contributed by atoms with Crippen molar-refractivity contribution in [3.63, 3.8) is 0 Å². The normalized spacial score (nSPS) is 10.2. The minimum absolute atomic E-state index is 0.102. The van der Waals surface area contributed by atoms with Gasteiger partial charge in [-0.3, -0.25) is 5.32 Å². The quantitative estimate of drug-likeness (QED) is 0.585. The zero-order chi connectivity index (χ0) is 17.4. The van der Waals surface area contributed by atoms with Crippen LogP contribution in [0.1, 0.15) is 29.9 Å². The van der Waals surface area contributed by atoms with E-state index in [1.165, 1.54) is 23.1 Å². The summed E-state index contributed by atoms with van der Waals surface area (Å²) in [6, 6.07) is 9.93. The van der Waals surface area contributed by atoms with Crippen molar-refractivity contribution >= 4 is 40.2 Å². The number of nitrogens with zero attached hydrogens (tertiary/aromatic N) is 1. The van der Waals surface area contributed by atoms with Crippen molar-refractivity contribution in [2.75, 3.05) is 18.5 Å². The number of rotatable bonds is 7. The average molecular weight is 366 g/mol. The van der Waals surface area contributed by atoms with E-state index in [1.54, 1.807) is 13.8 Å². The Hall–Kier alpha value is -2.06. The number of aromatic nitrogens is 1. The highest BCUT2D eigenvalue weighted by molar-refractivity contribution is 8.00. The van der Waals surface area contributed by atoms with Gasteiger partial charge in [-0.2, -0.15) is 0 Å². The molecule has 24 heavy (non-hydrogen) atoms. The van der Waals surface area contributed by atoms with E-state index >= 15 is 0 Å². The molecule has 1 aromatic heterocycles. The molecule has 1 amide bonds. The highest BCUT2D eigenvalue weighted by Gasteiger charge is 2.21. The van der Waals surface area contributed by atoms with Crippen LogP contribution in [0.2, 0.25) is 0 Å². The fourth-order valence-electron chi connectivity index (χ4n) is 1.76. The van der Waals surface area contributed by atoms with E-state index in [0.29, 0.717) is 9.34 Å². The first-order chi connectivity index (χ1) is 11.6. The number of nitrogens with one attached hydrogen (secondary N) is 1. The van der Waals surface area contributed by atoms with Crippen LogP contribution in [0.4, 0.5) is 9.80 Å². The Morgan fingerprint density at radius 2 is 1.88 bits per heavy atom. The number of ether oxygens (including phenoxy) is 2. The Balaban J connectivity index is 2.13. The molecule has 0 aliphatic carbocycles. The maximum absolute atomic E-state index is 12.0. The topological polar surface area (TPSA) is 77.5 Å². The molecule has 1 N–H and O–H groups in total. The number of thiazole rings is 1. The smallest absolute Gasteiger partial charge is 0.412 e. The Morgan fingerprint density at radius 1 is 1.17 bits per heavy atom. The zero-order valence-corrected chi connectivity index (χ0v) is 15.0. The van der Waals surface area contributed by atoms with Gasteiger partial charge in [0.25, 0.3) is 0 Å². The van der Waals surface area contributed by atoms with Crippen LogP contribution in [-0.2, 0) is 15.2 Å². The second-order valence-corrected chi connectivity index (χ2v) is 6.72. The second-order valence-electron chi connectivity index (χ2n) is 4.50. The maximum atomic E-state index is 12.0. The van der Waals surface area contributed by atoms with Gasteiger partial charge in [0.15, 0.2) is 10.0 Å². The van der Waals surface area contributed by atoms with E-state index in [1.807, 2.05) is 30.3 Å². The van der Waals surface area contributed by atoms with Crippen molar-refractivity contribution in [2.24, 2.45) is 0 Å². The number of carbonyl (C=O) groups excluding carboxylic acids is 2. The van der Waals surface area contributed by atoms with Gasteiger partial charge in [-0.1, -0.05) is 53.4 Å². The van der Waals surface area contributed by atoms with Gasteiger partial charge in [-0.05, 0) is 19.4 Å². The number of benzene rings is 1. The summed E-state index contributed by atoms with van der Waals surface area (Å²) in [5.74, 6) is 0.155. The lowest BCUT2D eigenvalue weighted by molar-refractivity contribution is 0.0521. The predicted molar refractivity (Wildman–Crippen MR) is 94.7 cm³/mol. The Morgan fingerprint density at radius 3 is 2.54 bits per heavy atom. The van der Waals surface area contributed by atoms with Crippen LogP contribution in [0, 0.1) is 0 Å². The monoisotopic (exact) mass is 366 g/mol. The van der Waals surface area contributed by atoms with Gasteiger partial charge < -0.3 is 9.47 Å². The molecule has 0 saturated heterocycles. The zero-order valence-electron chi connectivity index (χ0n) is 13.4. The molecular weight excluding hydrogens is 348 g/mol. The van der Waals surface area contributed by atoms with Crippen molar-refractivity contribution in [1.29, 1.82) is 0 Å². The molecule has 0 unspecified atom stereocenters. The number of thioether (sulfide) groups is 1. The molecule has 0 radical (unpaired) electrons. The van der Waals surface area contributed by atoms with Crippen molar-refractivity contribution in [3.05, 3.63) is 41.6 Å². The fraction of sp³-hybridized carbons (Fsp3) is 0.312. The fourth-order valence-corrected chi connectivity index (χ4v) is 3.74. The molecule has 0 aliphatic rings. The molecular formula is C16H18N2O4S2. The van der Waals surface area contributed by atoms with Gasteiger partial charge >= 0.3 is 12.1 Å². The molecule has 2 aromatic rings. The summed E-state index contributed by atoms with van der Waals surface area (Å²) in [6.07, 6.45) is -0.619. The average Bonchev–Trinajstić information content (AvgIpc) is 2.97. The van der Waals surface area contributed by atoms with Crippen molar-refractivity contribution in [2.45, 2.75) is 23.9 Å². The summed E-state index contributed by atoms with van der Waals surface area (Å²) in [7, 11) is 0. The summed E-state index contributed by atoms with van der Waals surface area (Å²) in [6.45, 7) is 3.91. The van der Waals surface area contributed by atoms with Gasteiger partial charge in [0.05, 0.1) is 13.2 Å². The summed E-state index contributed by atoms with van der Waals surface area (Å²) >= 11 is 2.72. The van der Waals surface area contributed by atoms with Crippen LogP contribution in [-0.4, -0.2) is 30.3 Å². The first kappa shape index (κ1) is 18.3. The summed E-state index contributed by atoms with van der Waals surface area (Å²) < 4.78 is 10.5. The Bertz CT molecular complexity index is 689. The van der Waals surface area contributed by atoms with Gasteiger partial charge in [-0.25, -0.2) is 14.6 Å². The number of carbonyl (C=O) groups is 2. The molecule has 6 nitrogen and oxygen atoms in total. The van der Waals surface area contributed by atoms with E-state index in [2.05, 4.69) is 10.3 Å². The molecule has 0 atom stereocenters. The standard InChI is InChI=1S/C16H18N2O4S2/c1-3-21-14(19)12-13(18-15(20)22-4-2)24-16(17-12)23-10-11-8-6-5-7-9-11/h5-9H,3-4,10H2,1-2H3,(H,18,20). The summed E-state index contributed by atoms with van der Waals surface area (Å²) in [4.78, 5) is 27.9. The van der Waals surface area contributed by atoms with Gasteiger partial charge in [0.2, 0.25) is 0 Å². The highest BCUT2D eigenvalue weighted by Crippen LogP contribution is 2.34. The van der Waals surface area contributed by atoms with Crippen LogP contribution in [0.3, 0.4) is 0 Å². The molecule has 8 heteroatoms. The molecule has 0 bridgehead atoms. The van der Waals surface area contributed by atoms with Crippen LogP contribution in [0.15, 0.2) is 34.7 Å². The molecule has 0 aliphatic heterocycles. The van der Waals surface area contributed by atoms with Crippen LogP contribution in [0.5, 0.6) is 0 Å². The maximum Gasteiger partial charge on any atom is 0.412 e. The first-order valence-corrected chi connectivity index (χ1v) is 9.22. The Labute approximate surface area is 148 Å². The minimum atomic E-state index is -0.619. The molecule has 0 saturated carbocycles. The van der Waals surface area contributed by atoms with Crippen LogP contribution < -0.4 is 5.32 Å². The summed E-state index contributed by atoms with van der Waals surface area (Å²) in [5, 5.41) is 2.89. The van der Waals surface area contributed by atoms with Crippen LogP contribution >= 0.6 is 23.1 Å². The third-order valence-electron chi connectivity index (χ3n) is 2.77. The van der Waals surface area contributed by atoms with Gasteiger partial charge in [0, 0.05) is 5.75 Å². The van der Waals surface area contributed by atoms with E-state index in [4.69, 9.17) is 9.47 Å². The highest BCUT2D eigenvalue weighted by atomic mass is 32.2. The molecule has 2 rings (SSSR count). The molecule has 1 aromatic carbocycles.